The zero-order valence-corrected chi connectivity index (χ0v) is 9.82. The van der Waals surface area contributed by atoms with Gasteiger partial charge in [-0.25, -0.2) is 4.98 Å². The number of carbonyl (C=O) groups excluding carboxylic acids is 1. The van der Waals surface area contributed by atoms with Crippen molar-refractivity contribution >= 4 is 17.7 Å². The third kappa shape index (κ3) is 3.08. The van der Waals surface area contributed by atoms with Crippen LogP contribution in [-0.4, -0.2) is 40.9 Å². The molecule has 0 unspecified atom stereocenters. The van der Waals surface area contributed by atoms with Crippen molar-refractivity contribution < 1.29 is 4.79 Å². The van der Waals surface area contributed by atoms with Crippen LogP contribution in [0.1, 0.15) is 12.5 Å². The van der Waals surface area contributed by atoms with Gasteiger partial charge in [-0.1, -0.05) is 0 Å². The highest BCUT2D eigenvalue weighted by Gasteiger charge is 2.07. The fraction of sp³-hybridized carbons (Fsp3) is 0.500. The third-order valence-electron chi connectivity index (χ3n) is 2.30. The molecular formula is C10H17N5O. The highest BCUT2D eigenvalue weighted by molar-refractivity contribution is 5.80. The Kier molecular flexibility index (Phi) is 4.04. The van der Waals surface area contributed by atoms with Crippen molar-refractivity contribution in [1.29, 1.82) is 0 Å². The van der Waals surface area contributed by atoms with Gasteiger partial charge in [-0.05, 0) is 13.8 Å². The molecule has 0 aliphatic carbocycles. The number of anilines is 2. The van der Waals surface area contributed by atoms with E-state index in [9.17, 15) is 4.79 Å². The fourth-order valence-corrected chi connectivity index (χ4v) is 1.11. The average molecular weight is 223 g/mol. The fourth-order valence-electron chi connectivity index (χ4n) is 1.11. The van der Waals surface area contributed by atoms with Crippen molar-refractivity contribution in [3.8, 4) is 0 Å². The van der Waals surface area contributed by atoms with Crippen molar-refractivity contribution in [3.63, 3.8) is 0 Å². The van der Waals surface area contributed by atoms with E-state index >= 15 is 0 Å². The minimum atomic E-state index is 0.0130. The minimum absolute atomic E-state index is 0.0130. The van der Waals surface area contributed by atoms with Gasteiger partial charge in [0.15, 0.2) is 0 Å². The van der Waals surface area contributed by atoms with E-state index in [1.165, 1.54) is 0 Å². The molecule has 16 heavy (non-hydrogen) atoms. The van der Waals surface area contributed by atoms with Crippen LogP contribution in [0.2, 0.25) is 0 Å². The standard InChI is InChI=1S/C10H17N5O/c1-4-15(3)8(16)6-12-9-7(2)5-13-10(11)14-9/h5H,4,6H2,1-3H3,(H3,11,12,13,14). The SMILES string of the molecule is CCN(C)C(=O)CNc1nc(N)ncc1C. The molecule has 1 aromatic rings. The van der Waals surface area contributed by atoms with Gasteiger partial charge in [0.25, 0.3) is 0 Å². The number of carbonyl (C=O) groups is 1. The van der Waals surface area contributed by atoms with Crippen LogP contribution in [-0.2, 0) is 4.79 Å². The summed E-state index contributed by atoms with van der Waals surface area (Å²) >= 11 is 0. The molecule has 0 aliphatic rings. The molecule has 0 radical (unpaired) electrons. The lowest BCUT2D eigenvalue weighted by molar-refractivity contribution is -0.127. The zero-order valence-electron chi connectivity index (χ0n) is 9.82. The minimum Gasteiger partial charge on any atom is -0.368 e. The zero-order chi connectivity index (χ0) is 12.1. The summed E-state index contributed by atoms with van der Waals surface area (Å²) in [6.45, 7) is 4.68. The second kappa shape index (κ2) is 5.29. The largest absolute Gasteiger partial charge is 0.368 e. The third-order valence-corrected chi connectivity index (χ3v) is 2.30. The van der Waals surface area contributed by atoms with Crippen molar-refractivity contribution in [2.75, 3.05) is 31.2 Å². The van der Waals surface area contributed by atoms with E-state index in [1.807, 2.05) is 13.8 Å². The number of aromatic nitrogens is 2. The number of aryl methyl sites for hydroxylation is 1. The molecule has 1 amide bonds. The first kappa shape index (κ1) is 12.2. The van der Waals surface area contributed by atoms with Crippen LogP contribution in [0, 0.1) is 6.92 Å². The maximum absolute atomic E-state index is 11.5. The molecule has 0 bridgehead atoms. The molecule has 88 valence electrons. The summed E-state index contributed by atoms with van der Waals surface area (Å²) in [7, 11) is 1.76. The number of nitrogens with one attached hydrogen (secondary N) is 1. The molecular weight excluding hydrogens is 206 g/mol. The summed E-state index contributed by atoms with van der Waals surface area (Å²) in [5.41, 5.74) is 6.32. The summed E-state index contributed by atoms with van der Waals surface area (Å²) in [4.78, 5) is 21.0. The lowest BCUT2D eigenvalue weighted by atomic mass is 10.3. The normalized spacial score (nSPS) is 9.94. The van der Waals surface area contributed by atoms with E-state index in [0.717, 1.165) is 5.56 Å². The van der Waals surface area contributed by atoms with Gasteiger partial charge in [0.05, 0.1) is 6.54 Å². The number of amides is 1. The maximum atomic E-state index is 11.5. The molecule has 3 N–H and O–H groups in total. The summed E-state index contributed by atoms with van der Waals surface area (Å²) in [6.07, 6.45) is 1.62. The van der Waals surface area contributed by atoms with Crippen LogP contribution >= 0.6 is 0 Å². The number of rotatable bonds is 4. The summed E-state index contributed by atoms with van der Waals surface area (Å²) in [5.74, 6) is 0.814. The summed E-state index contributed by atoms with van der Waals surface area (Å²) < 4.78 is 0. The van der Waals surface area contributed by atoms with Crippen LogP contribution in [0.4, 0.5) is 11.8 Å². The molecule has 0 saturated carbocycles. The van der Waals surface area contributed by atoms with Gasteiger partial charge in [-0.2, -0.15) is 4.98 Å². The molecule has 1 rings (SSSR count). The average Bonchev–Trinajstić information content (AvgIpc) is 2.28. The van der Waals surface area contributed by atoms with E-state index in [-0.39, 0.29) is 18.4 Å². The Balaban J connectivity index is 2.61. The quantitative estimate of drug-likeness (QED) is 0.764. The maximum Gasteiger partial charge on any atom is 0.241 e. The van der Waals surface area contributed by atoms with E-state index < -0.39 is 0 Å². The smallest absolute Gasteiger partial charge is 0.241 e. The van der Waals surface area contributed by atoms with Gasteiger partial charge in [0.2, 0.25) is 11.9 Å². The molecule has 1 aromatic heterocycles. The monoisotopic (exact) mass is 223 g/mol. The van der Waals surface area contributed by atoms with Crippen LogP contribution in [0.15, 0.2) is 6.20 Å². The Bertz CT molecular complexity index is 379. The molecule has 0 aliphatic heterocycles. The molecule has 6 heteroatoms. The van der Waals surface area contributed by atoms with Crippen molar-refractivity contribution in [2.24, 2.45) is 0 Å². The Morgan fingerprint density at radius 1 is 1.62 bits per heavy atom. The van der Waals surface area contributed by atoms with Crippen LogP contribution < -0.4 is 11.1 Å². The highest BCUT2D eigenvalue weighted by atomic mass is 16.2. The predicted molar refractivity (Wildman–Crippen MR) is 63.0 cm³/mol. The molecule has 6 nitrogen and oxygen atoms in total. The van der Waals surface area contributed by atoms with E-state index in [2.05, 4.69) is 15.3 Å². The first-order chi connectivity index (χ1) is 7.54. The lowest BCUT2D eigenvalue weighted by Gasteiger charge is -2.15. The van der Waals surface area contributed by atoms with Crippen LogP contribution in [0.3, 0.4) is 0 Å². The second-order valence-electron chi connectivity index (χ2n) is 3.52. The molecule has 0 spiro atoms. The molecule has 0 aromatic carbocycles. The van der Waals surface area contributed by atoms with Gasteiger partial charge in [-0.3, -0.25) is 4.79 Å². The number of nitrogens with two attached hydrogens (primary N) is 1. The summed E-state index contributed by atoms with van der Waals surface area (Å²) in [6, 6.07) is 0. The van der Waals surface area contributed by atoms with E-state index in [4.69, 9.17) is 5.73 Å². The van der Waals surface area contributed by atoms with Crippen LogP contribution in [0.25, 0.3) is 0 Å². The van der Waals surface area contributed by atoms with Gasteiger partial charge < -0.3 is 16.0 Å². The van der Waals surface area contributed by atoms with Crippen molar-refractivity contribution in [1.82, 2.24) is 14.9 Å². The first-order valence-electron chi connectivity index (χ1n) is 5.11. The van der Waals surface area contributed by atoms with Gasteiger partial charge in [0.1, 0.15) is 5.82 Å². The Morgan fingerprint density at radius 3 is 2.94 bits per heavy atom. The predicted octanol–water partition coefficient (Wildman–Crippen LogP) is 0.257. The second-order valence-corrected chi connectivity index (χ2v) is 3.52. The van der Waals surface area contributed by atoms with Crippen LogP contribution in [0.5, 0.6) is 0 Å². The van der Waals surface area contributed by atoms with Crippen molar-refractivity contribution in [3.05, 3.63) is 11.8 Å². The van der Waals surface area contributed by atoms with Gasteiger partial charge >= 0.3 is 0 Å². The topological polar surface area (TPSA) is 84.1 Å². The highest BCUT2D eigenvalue weighted by Crippen LogP contribution is 2.10. The van der Waals surface area contributed by atoms with Crippen molar-refractivity contribution in [2.45, 2.75) is 13.8 Å². The Labute approximate surface area is 94.9 Å². The Morgan fingerprint density at radius 2 is 2.31 bits per heavy atom. The molecule has 0 fully saturated rings. The van der Waals surface area contributed by atoms with Gasteiger partial charge in [-0.15, -0.1) is 0 Å². The molecule has 0 saturated heterocycles. The summed E-state index contributed by atoms with van der Waals surface area (Å²) in [5, 5.41) is 2.95. The van der Waals surface area contributed by atoms with E-state index in [0.29, 0.717) is 12.4 Å². The molecule has 0 atom stereocenters. The number of nitrogen functional groups attached to an aromatic ring is 1. The van der Waals surface area contributed by atoms with Gasteiger partial charge in [0, 0.05) is 25.4 Å². The number of hydrogen-bond donors (Lipinski definition) is 2. The Hall–Kier alpha value is -1.85. The lowest BCUT2D eigenvalue weighted by Crippen LogP contribution is -2.32. The first-order valence-corrected chi connectivity index (χ1v) is 5.11. The number of likely N-dealkylation sites (N-methyl/N-ethyl adjacent to an activating group) is 1. The number of hydrogen-bond acceptors (Lipinski definition) is 5. The van der Waals surface area contributed by atoms with E-state index in [1.54, 1.807) is 18.1 Å². The molecule has 1 heterocycles. The number of nitrogens with zero attached hydrogens (tertiary/aromatic N) is 3.